The minimum Gasteiger partial charge on any atom is -0.493 e. The Balaban J connectivity index is 2.12. The Morgan fingerprint density at radius 3 is 2.25 bits per heavy atom. The molecule has 0 heterocycles. The number of para-hydroxylation sites is 1. The molecule has 2 aromatic rings. The maximum Gasteiger partial charge on any atom is 0.339 e. The number of carbonyl (C=O) groups is 2. The first kappa shape index (κ1) is 21.3. The fourth-order valence-electron chi connectivity index (χ4n) is 2.81. The van der Waals surface area contributed by atoms with Crippen LogP contribution in [0.25, 0.3) is 0 Å². The van der Waals surface area contributed by atoms with E-state index in [2.05, 4.69) is 19.2 Å². The normalized spacial score (nSPS) is 11.7. The highest BCUT2D eigenvalue weighted by Gasteiger charge is 2.22. The van der Waals surface area contributed by atoms with Gasteiger partial charge in [-0.15, -0.1) is 0 Å². The number of anilines is 1. The summed E-state index contributed by atoms with van der Waals surface area (Å²) in [6, 6.07) is 10.6. The van der Waals surface area contributed by atoms with E-state index in [0.29, 0.717) is 11.5 Å². The van der Waals surface area contributed by atoms with Crippen molar-refractivity contribution in [3.8, 4) is 11.5 Å². The molecule has 28 heavy (non-hydrogen) atoms. The molecular formula is C22H27NO5. The highest BCUT2D eigenvalue weighted by molar-refractivity contribution is 5.98. The lowest BCUT2D eigenvalue weighted by Gasteiger charge is -2.19. The van der Waals surface area contributed by atoms with Gasteiger partial charge in [0.15, 0.2) is 17.6 Å². The van der Waals surface area contributed by atoms with Crippen molar-refractivity contribution in [2.75, 3.05) is 19.5 Å². The Bertz CT molecular complexity index is 860. The summed E-state index contributed by atoms with van der Waals surface area (Å²) in [5.74, 6) is 0.170. The fraction of sp³-hybridized carbons (Fsp3) is 0.364. The molecule has 2 rings (SSSR count). The number of ether oxygens (including phenoxy) is 3. The first-order valence-corrected chi connectivity index (χ1v) is 9.11. The first-order chi connectivity index (χ1) is 13.3. The van der Waals surface area contributed by atoms with E-state index in [-0.39, 0.29) is 17.4 Å². The zero-order chi connectivity index (χ0) is 20.8. The Morgan fingerprint density at radius 2 is 1.64 bits per heavy atom. The van der Waals surface area contributed by atoms with Crippen LogP contribution in [0, 0.1) is 6.92 Å². The molecule has 150 valence electrons. The number of amides is 1. The minimum absolute atomic E-state index is 0.250. The molecule has 0 aliphatic heterocycles. The van der Waals surface area contributed by atoms with Gasteiger partial charge in [-0.1, -0.05) is 32.0 Å². The summed E-state index contributed by atoms with van der Waals surface area (Å²) in [6.45, 7) is 7.60. The smallest absolute Gasteiger partial charge is 0.339 e. The molecule has 0 aromatic heterocycles. The van der Waals surface area contributed by atoms with Gasteiger partial charge in [0, 0.05) is 5.69 Å². The van der Waals surface area contributed by atoms with Crippen LogP contribution in [0.3, 0.4) is 0 Å². The zero-order valence-corrected chi connectivity index (χ0v) is 17.2. The quantitative estimate of drug-likeness (QED) is 0.719. The number of methoxy groups -OCH3 is 2. The van der Waals surface area contributed by atoms with Crippen LogP contribution in [0.4, 0.5) is 5.69 Å². The van der Waals surface area contributed by atoms with Gasteiger partial charge < -0.3 is 19.5 Å². The molecule has 1 amide bonds. The predicted molar refractivity (Wildman–Crippen MR) is 108 cm³/mol. The largest absolute Gasteiger partial charge is 0.493 e. The van der Waals surface area contributed by atoms with E-state index in [1.807, 2.05) is 25.1 Å². The number of benzene rings is 2. The minimum atomic E-state index is -0.958. The lowest BCUT2D eigenvalue weighted by molar-refractivity contribution is -0.123. The van der Waals surface area contributed by atoms with E-state index in [4.69, 9.17) is 14.2 Å². The van der Waals surface area contributed by atoms with Crippen molar-refractivity contribution in [2.24, 2.45) is 0 Å². The molecular weight excluding hydrogens is 358 g/mol. The van der Waals surface area contributed by atoms with Crippen LogP contribution in [0.2, 0.25) is 0 Å². The third-order valence-electron chi connectivity index (χ3n) is 4.45. The molecule has 1 N–H and O–H groups in total. The monoisotopic (exact) mass is 385 g/mol. The molecule has 0 saturated carbocycles. The van der Waals surface area contributed by atoms with Gasteiger partial charge >= 0.3 is 5.97 Å². The predicted octanol–water partition coefficient (Wildman–Crippen LogP) is 4.32. The third-order valence-corrected chi connectivity index (χ3v) is 4.45. The molecule has 0 aliphatic carbocycles. The molecule has 6 heteroatoms. The molecule has 0 bridgehead atoms. The molecule has 0 fully saturated rings. The van der Waals surface area contributed by atoms with Gasteiger partial charge in [-0.2, -0.15) is 0 Å². The number of esters is 1. The van der Waals surface area contributed by atoms with Crippen molar-refractivity contribution in [3.05, 3.63) is 53.1 Å². The highest BCUT2D eigenvalue weighted by atomic mass is 16.5. The second kappa shape index (κ2) is 9.26. The van der Waals surface area contributed by atoms with Crippen LogP contribution in [-0.2, 0) is 9.53 Å². The van der Waals surface area contributed by atoms with Crippen molar-refractivity contribution >= 4 is 17.6 Å². The highest BCUT2D eigenvalue weighted by Crippen LogP contribution is 2.29. The summed E-state index contributed by atoms with van der Waals surface area (Å²) < 4.78 is 15.7. The molecule has 0 aliphatic rings. The SMILES string of the molecule is COc1ccc(C(=O)OC(C)C(=O)Nc2c(C)cccc2C(C)C)cc1OC. The lowest BCUT2D eigenvalue weighted by Crippen LogP contribution is -2.30. The first-order valence-electron chi connectivity index (χ1n) is 9.11. The molecule has 0 saturated heterocycles. The van der Waals surface area contributed by atoms with E-state index in [0.717, 1.165) is 16.8 Å². The maximum absolute atomic E-state index is 12.6. The molecule has 2 aromatic carbocycles. The van der Waals surface area contributed by atoms with Gasteiger partial charge in [0.1, 0.15) is 0 Å². The van der Waals surface area contributed by atoms with Crippen molar-refractivity contribution in [1.29, 1.82) is 0 Å². The summed E-state index contributed by atoms with van der Waals surface area (Å²) in [4.78, 5) is 25.0. The average molecular weight is 385 g/mol. The van der Waals surface area contributed by atoms with Crippen LogP contribution >= 0.6 is 0 Å². The van der Waals surface area contributed by atoms with Gasteiger partial charge in [-0.05, 0) is 49.1 Å². The lowest BCUT2D eigenvalue weighted by atomic mass is 9.98. The Hall–Kier alpha value is -3.02. The second-order valence-corrected chi connectivity index (χ2v) is 6.80. The average Bonchev–Trinajstić information content (AvgIpc) is 2.68. The zero-order valence-electron chi connectivity index (χ0n) is 17.2. The number of hydrogen-bond acceptors (Lipinski definition) is 5. The standard InChI is InChI=1S/C22H27NO5/c1-13(2)17-9-7-8-14(3)20(17)23-21(24)15(4)28-22(25)16-10-11-18(26-5)19(12-16)27-6/h7-13,15H,1-6H3,(H,23,24). The molecule has 0 radical (unpaired) electrons. The van der Waals surface area contributed by atoms with Crippen molar-refractivity contribution in [3.63, 3.8) is 0 Å². The van der Waals surface area contributed by atoms with Crippen molar-refractivity contribution in [2.45, 2.75) is 39.7 Å². The number of carbonyl (C=O) groups excluding carboxylic acids is 2. The van der Waals surface area contributed by atoms with E-state index < -0.39 is 12.1 Å². The van der Waals surface area contributed by atoms with E-state index in [9.17, 15) is 9.59 Å². The molecule has 0 spiro atoms. The van der Waals surface area contributed by atoms with Crippen molar-refractivity contribution < 1.29 is 23.8 Å². The number of aryl methyl sites for hydroxylation is 1. The summed E-state index contributed by atoms with van der Waals surface area (Å²) in [7, 11) is 3.00. The van der Waals surface area contributed by atoms with Crippen LogP contribution in [0.5, 0.6) is 11.5 Å². The van der Waals surface area contributed by atoms with Crippen molar-refractivity contribution in [1.82, 2.24) is 0 Å². The number of rotatable bonds is 7. The van der Waals surface area contributed by atoms with E-state index >= 15 is 0 Å². The Morgan fingerprint density at radius 1 is 0.964 bits per heavy atom. The van der Waals surface area contributed by atoms with Gasteiger partial charge in [0.2, 0.25) is 0 Å². The van der Waals surface area contributed by atoms with Gasteiger partial charge in [0.05, 0.1) is 19.8 Å². The van der Waals surface area contributed by atoms with Crippen LogP contribution < -0.4 is 14.8 Å². The molecule has 6 nitrogen and oxygen atoms in total. The summed E-state index contributed by atoms with van der Waals surface area (Å²) in [5, 5.41) is 2.90. The van der Waals surface area contributed by atoms with E-state index in [1.165, 1.54) is 20.3 Å². The van der Waals surface area contributed by atoms with Crippen LogP contribution in [0.15, 0.2) is 36.4 Å². The van der Waals surface area contributed by atoms with Gasteiger partial charge in [-0.3, -0.25) is 4.79 Å². The molecule has 1 atom stereocenters. The Kier molecular flexibility index (Phi) is 7.04. The van der Waals surface area contributed by atoms with Crippen LogP contribution in [0.1, 0.15) is 48.2 Å². The third kappa shape index (κ3) is 4.82. The molecule has 1 unspecified atom stereocenters. The Labute approximate surface area is 165 Å². The van der Waals surface area contributed by atoms with Gasteiger partial charge in [-0.25, -0.2) is 4.79 Å². The topological polar surface area (TPSA) is 73.9 Å². The number of nitrogens with one attached hydrogen (secondary N) is 1. The second-order valence-electron chi connectivity index (χ2n) is 6.80. The summed E-state index contributed by atoms with van der Waals surface area (Å²) in [6.07, 6.45) is -0.958. The van der Waals surface area contributed by atoms with Crippen LogP contribution in [-0.4, -0.2) is 32.2 Å². The number of hydrogen-bond donors (Lipinski definition) is 1. The van der Waals surface area contributed by atoms with Gasteiger partial charge in [0.25, 0.3) is 5.91 Å². The summed E-state index contributed by atoms with van der Waals surface area (Å²) in [5.41, 5.74) is 3.03. The summed E-state index contributed by atoms with van der Waals surface area (Å²) >= 11 is 0. The fourth-order valence-corrected chi connectivity index (χ4v) is 2.81. The van der Waals surface area contributed by atoms with E-state index in [1.54, 1.807) is 19.1 Å². The maximum atomic E-state index is 12.6.